The number of hydrogen-bond acceptors (Lipinski definition) is 11. The summed E-state index contributed by atoms with van der Waals surface area (Å²) in [5.41, 5.74) is -1.58. The molecule has 2 aliphatic rings. The molecule has 0 amide bonds. The number of carbonyl (C=O) groups is 2. The third kappa shape index (κ3) is 12.0. The Balaban J connectivity index is 1.88. The van der Waals surface area contributed by atoms with Gasteiger partial charge in [-0.15, -0.1) is 0 Å². The number of aliphatic hydroxyl groups is 5. The van der Waals surface area contributed by atoms with Gasteiger partial charge in [-0.3, -0.25) is 0 Å². The van der Waals surface area contributed by atoms with E-state index in [0.29, 0.717) is 44.9 Å². The van der Waals surface area contributed by atoms with Crippen LogP contribution in [0.4, 0.5) is 0 Å². The van der Waals surface area contributed by atoms with Crippen LogP contribution in [-0.4, -0.2) is 106 Å². The molecule has 11 heteroatoms. The molecule has 0 aliphatic carbocycles. The lowest BCUT2D eigenvalue weighted by atomic mass is 9.74. The topological polar surface area (TPSA) is 172 Å². The lowest BCUT2D eigenvalue weighted by molar-refractivity contribution is -0.213. The van der Waals surface area contributed by atoms with E-state index in [9.17, 15) is 35.1 Å². The van der Waals surface area contributed by atoms with Crippen molar-refractivity contribution in [3.63, 3.8) is 0 Å². The van der Waals surface area contributed by atoms with E-state index in [2.05, 4.69) is 0 Å². The van der Waals surface area contributed by atoms with Gasteiger partial charge in [0.05, 0.1) is 24.4 Å². The van der Waals surface area contributed by atoms with Crippen LogP contribution in [0.2, 0.25) is 0 Å². The molecule has 2 rings (SSSR count). The molecule has 48 heavy (non-hydrogen) atoms. The summed E-state index contributed by atoms with van der Waals surface area (Å²) in [6.07, 6.45) is 3.61. The van der Waals surface area contributed by atoms with E-state index in [4.69, 9.17) is 18.9 Å². The van der Waals surface area contributed by atoms with Gasteiger partial charge in [-0.25, -0.2) is 9.59 Å². The number of ether oxygens (including phenoxy) is 4. The van der Waals surface area contributed by atoms with Gasteiger partial charge in [0.2, 0.25) is 0 Å². The highest BCUT2D eigenvalue weighted by Gasteiger charge is 2.52. The molecule has 2 aliphatic heterocycles. The zero-order chi connectivity index (χ0) is 36.3. The smallest absolute Gasteiger partial charge is 0.338 e. The number of esters is 2. The second-order valence-corrected chi connectivity index (χ2v) is 15.3. The van der Waals surface area contributed by atoms with E-state index in [-0.39, 0.29) is 60.2 Å². The molecule has 0 spiro atoms. The molecule has 2 heterocycles. The monoisotopic (exact) mass is 686 g/mol. The van der Waals surface area contributed by atoms with Crippen LogP contribution in [0.1, 0.15) is 106 Å². The number of carbonyl (C=O) groups excluding carboxylic acids is 2. The van der Waals surface area contributed by atoms with Gasteiger partial charge < -0.3 is 44.5 Å². The van der Waals surface area contributed by atoms with E-state index in [1.165, 1.54) is 0 Å². The molecule has 5 N–H and O–H groups in total. The molecular formula is C37H66O11. The van der Waals surface area contributed by atoms with Crippen LogP contribution in [0.3, 0.4) is 0 Å². The molecule has 280 valence electrons. The number of allylic oxidation sites excluding steroid dienone is 1. The third-order valence-corrected chi connectivity index (χ3v) is 11.1. The van der Waals surface area contributed by atoms with E-state index in [1.54, 1.807) is 21.1 Å². The summed E-state index contributed by atoms with van der Waals surface area (Å²) in [6.45, 7) is 13.4. The molecule has 0 aromatic heterocycles. The van der Waals surface area contributed by atoms with Crippen molar-refractivity contribution >= 4 is 11.9 Å². The van der Waals surface area contributed by atoms with Crippen molar-refractivity contribution in [3.05, 3.63) is 12.2 Å². The Hall–Kier alpha value is -1.60. The summed E-state index contributed by atoms with van der Waals surface area (Å²) < 4.78 is 22.4. The first kappa shape index (κ1) is 42.6. The Morgan fingerprint density at radius 2 is 1.48 bits per heavy atom. The van der Waals surface area contributed by atoms with Crippen molar-refractivity contribution < 1.29 is 54.1 Å². The van der Waals surface area contributed by atoms with E-state index in [0.717, 1.165) is 6.42 Å². The highest BCUT2D eigenvalue weighted by atomic mass is 16.6. The Morgan fingerprint density at radius 1 is 0.854 bits per heavy atom. The molecule has 14 unspecified atom stereocenters. The fourth-order valence-electron chi connectivity index (χ4n) is 7.05. The molecule has 0 radical (unpaired) electrons. The molecule has 0 bridgehead atoms. The van der Waals surface area contributed by atoms with Crippen molar-refractivity contribution in [2.45, 2.75) is 161 Å². The standard InChI is InChI=1S/C37H66O11/c1-21(2)32-20-37(44,34(41)36(43)48-32)25(6)14-16-27(45-8)17-28(46-9)18-30(39)23(4)11-10-12-24(5)31-19-29(33(40)35(42)47-31)22(3)13-15-26(7)38/h10,12,21-34,38-41,44H,11,13-20H2,1-9H3/b12-10+. The predicted molar refractivity (Wildman–Crippen MR) is 182 cm³/mol. The number of aliphatic hydroxyl groups excluding tert-OH is 4. The van der Waals surface area contributed by atoms with Crippen molar-refractivity contribution in [2.24, 2.45) is 35.5 Å². The van der Waals surface area contributed by atoms with Gasteiger partial charge in [-0.2, -0.15) is 0 Å². The zero-order valence-corrected chi connectivity index (χ0v) is 30.8. The first-order valence-corrected chi connectivity index (χ1v) is 18.0. The average Bonchev–Trinajstić information content (AvgIpc) is 3.04. The maximum atomic E-state index is 12.4. The lowest BCUT2D eigenvalue weighted by Gasteiger charge is -2.44. The van der Waals surface area contributed by atoms with Crippen LogP contribution in [0.5, 0.6) is 0 Å². The van der Waals surface area contributed by atoms with Gasteiger partial charge >= 0.3 is 11.9 Å². The number of methoxy groups -OCH3 is 2. The number of cyclic esters (lactones) is 2. The highest BCUT2D eigenvalue weighted by Crippen LogP contribution is 2.38. The van der Waals surface area contributed by atoms with Gasteiger partial charge in [0.15, 0.2) is 12.2 Å². The van der Waals surface area contributed by atoms with Crippen LogP contribution in [0, 0.1) is 35.5 Å². The third-order valence-electron chi connectivity index (χ3n) is 11.1. The number of hydrogen-bond donors (Lipinski definition) is 5. The van der Waals surface area contributed by atoms with Gasteiger partial charge in [0, 0.05) is 32.5 Å². The SMILES string of the molecule is COC(CCC(C)C1(O)CC(C(C)C)OC(=O)C1O)CC(CC(O)C(C)C/C=C/C(C)C1CC(C(C)CCC(C)O)C(O)C(=O)O1)OC. The van der Waals surface area contributed by atoms with E-state index < -0.39 is 48.1 Å². The van der Waals surface area contributed by atoms with Crippen molar-refractivity contribution in [3.8, 4) is 0 Å². The minimum Gasteiger partial charge on any atom is -0.460 e. The van der Waals surface area contributed by atoms with Gasteiger partial charge in [0.1, 0.15) is 17.8 Å². The fraction of sp³-hybridized carbons (Fsp3) is 0.892. The van der Waals surface area contributed by atoms with Crippen molar-refractivity contribution in [2.75, 3.05) is 14.2 Å². The molecule has 14 atom stereocenters. The molecular weight excluding hydrogens is 620 g/mol. The van der Waals surface area contributed by atoms with Crippen molar-refractivity contribution in [1.82, 2.24) is 0 Å². The quantitative estimate of drug-likeness (QED) is 0.0928. The van der Waals surface area contributed by atoms with Crippen LogP contribution in [0.25, 0.3) is 0 Å². The molecule has 2 saturated heterocycles. The second-order valence-electron chi connectivity index (χ2n) is 15.3. The Kier molecular flexibility index (Phi) is 17.5. The first-order valence-electron chi connectivity index (χ1n) is 18.0. The van der Waals surface area contributed by atoms with Crippen LogP contribution < -0.4 is 0 Å². The molecule has 0 aromatic carbocycles. The van der Waals surface area contributed by atoms with E-state index >= 15 is 0 Å². The predicted octanol–water partition coefficient (Wildman–Crippen LogP) is 3.95. The largest absolute Gasteiger partial charge is 0.460 e. The Labute approximate surface area is 288 Å². The minimum absolute atomic E-state index is 0.0164. The Bertz CT molecular complexity index is 1000. The van der Waals surface area contributed by atoms with Crippen LogP contribution in [0.15, 0.2) is 12.2 Å². The first-order chi connectivity index (χ1) is 22.4. The summed E-state index contributed by atoms with van der Waals surface area (Å²) >= 11 is 0. The zero-order valence-electron chi connectivity index (χ0n) is 30.8. The summed E-state index contributed by atoms with van der Waals surface area (Å²) in [6, 6.07) is 0. The van der Waals surface area contributed by atoms with Gasteiger partial charge in [-0.1, -0.05) is 53.7 Å². The normalized spacial score (nSPS) is 31.9. The fourth-order valence-corrected chi connectivity index (χ4v) is 7.05. The summed E-state index contributed by atoms with van der Waals surface area (Å²) in [5.74, 6) is -2.03. The highest BCUT2D eigenvalue weighted by molar-refractivity contribution is 5.77. The summed E-state index contributed by atoms with van der Waals surface area (Å²) in [7, 11) is 3.23. The minimum atomic E-state index is -1.60. The molecule has 2 fully saturated rings. The lowest BCUT2D eigenvalue weighted by Crippen LogP contribution is -2.59. The van der Waals surface area contributed by atoms with Gasteiger partial charge in [-0.05, 0) is 82.0 Å². The molecule has 0 aromatic rings. The van der Waals surface area contributed by atoms with Gasteiger partial charge in [0.25, 0.3) is 0 Å². The molecule has 11 nitrogen and oxygen atoms in total. The van der Waals surface area contributed by atoms with E-state index in [1.807, 2.05) is 53.7 Å². The number of rotatable bonds is 20. The maximum absolute atomic E-state index is 12.4. The maximum Gasteiger partial charge on any atom is 0.338 e. The average molecular weight is 687 g/mol. The summed E-state index contributed by atoms with van der Waals surface area (Å²) in [5, 5.41) is 53.1. The molecule has 0 saturated carbocycles. The van der Waals surface area contributed by atoms with Crippen LogP contribution in [-0.2, 0) is 28.5 Å². The Morgan fingerprint density at radius 3 is 2.06 bits per heavy atom. The van der Waals surface area contributed by atoms with Crippen molar-refractivity contribution in [1.29, 1.82) is 0 Å². The van der Waals surface area contributed by atoms with Crippen LogP contribution >= 0.6 is 0 Å². The second kappa shape index (κ2) is 19.7. The summed E-state index contributed by atoms with van der Waals surface area (Å²) in [4.78, 5) is 24.7.